The first-order valence-corrected chi connectivity index (χ1v) is 6.06. The van der Waals surface area contributed by atoms with Crippen LogP contribution in [0, 0.1) is 19.8 Å². The number of aryl methyl sites for hydroxylation is 2. The standard InChI is InChI=1S/C15H19NO/c1-4-13-8-15(17)16(9-13)10-14-6-11(2)5-12(3)7-14/h4-7,13H,1,8-10H2,2-3H3. The summed E-state index contributed by atoms with van der Waals surface area (Å²) in [6.07, 6.45) is 2.51. The van der Waals surface area contributed by atoms with E-state index in [1.54, 1.807) is 0 Å². The van der Waals surface area contributed by atoms with E-state index in [0.717, 1.165) is 13.1 Å². The van der Waals surface area contributed by atoms with E-state index in [9.17, 15) is 4.79 Å². The molecule has 2 nitrogen and oxygen atoms in total. The minimum atomic E-state index is 0.244. The Hall–Kier alpha value is -1.57. The van der Waals surface area contributed by atoms with Crippen LogP contribution >= 0.6 is 0 Å². The van der Waals surface area contributed by atoms with E-state index in [1.165, 1.54) is 16.7 Å². The summed E-state index contributed by atoms with van der Waals surface area (Å²) in [5, 5.41) is 0. The predicted octanol–water partition coefficient (Wildman–Crippen LogP) is 2.84. The van der Waals surface area contributed by atoms with Gasteiger partial charge in [-0.25, -0.2) is 0 Å². The molecular formula is C15H19NO. The predicted molar refractivity (Wildman–Crippen MR) is 69.6 cm³/mol. The quantitative estimate of drug-likeness (QED) is 0.730. The van der Waals surface area contributed by atoms with Crippen LogP contribution in [-0.4, -0.2) is 17.4 Å². The van der Waals surface area contributed by atoms with Gasteiger partial charge in [0.2, 0.25) is 5.91 Å². The molecular weight excluding hydrogens is 210 g/mol. The van der Waals surface area contributed by atoms with Crippen LogP contribution in [-0.2, 0) is 11.3 Å². The summed E-state index contributed by atoms with van der Waals surface area (Å²) >= 11 is 0. The summed E-state index contributed by atoms with van der Waals surface area (Å²) < 4.78 is 0. The maximum absolute atomic E-state index is 11.8. The Morgan fingerprint density at radius 3 is 2.53 bits per heavy atom. The summed E-state index contributed by atoms with van der Waals surface area (Å²) in [5.41, 5.74) is 3.74. The van der Waals surface area contributed by atoms with Gasteiger partial charge >= 0.3 is 0 Å². The molecule has 0 bridgehead atoms. The van der Waals surface area contributed by atoms with Gasteiger partial charge in [-0.2, -0.15) is 0 Å². The lowest BCUT2D eigenvalue weighted by atomic mass is 10.1. The van der Waals surface area contributed by atoms with Crippen LogP contribution in [0.1, 0.15) is 23.1 Å². The summed E-state index contributed by atoms with van der Waals surface area (Å²) in [6.45, 7) is 9.49. The fraction of sp³-hybridized carbons (Fsp3) is 0.400. The highest BCUT2D eigenvalue weighted by atomic mass is 16.2. The zero-order valence-electron chi connectivity index (χ0n) is 10.6. The highest BCUT2D eigenvalue weighted by molar-refractivity contribution is 5.79. The second kappa shape index (κ2) is 4.74. The van der Waals surface area contributed by atoms with Crippen LogP contribution in [0.2, 0.25) is 0 Å². The zero-order chi connectivity index (χ0) is 12.4. The summed E-state index contributed by atoms with van der Waals surface area (Å²) in [6, 6.07) is 6.46. The third kappa shape index (κ3) is 2.76. The Bertz CT molecular complexity index is 430. The molecule has 1 saturated heterocycles. The van der Waals surface area contributed by atoms with Gasteiger partial charge in [-0.05, 0) is 19.4 Å². The number of carbonyl (C=O) groups is 1. The van der Waals surface area contributed by atoms with Crippen molar-refractivity contribution in [3.63, 3.8) is 0 Å². The van der Waals surface area contributed by atoms with Crippen molar-refractivity contribution in [2.75, 3.05) is 6.54 Å². The molecule has 1 fully saturated rings. The fourth-order valence-electron chi connectivity index (χ4n) is 2.49. The second-order valence-corrected chi connectivity index (χ2v) is 4.97. The van der Waals surface area contributed by atoms with Gasteiger partial charge in [-0.1, -0.05) is 35.4 Å². The molecule has 0 aliphatic carbocycles. The SMILES string of the molecule is C=CC1CC(=O)N(Cc2cc(C)cc(C)c2)C1. The fourth-order valence-corrected chi connectivity index (χ4v) is 2.49. The van der Waals surface area contributed by atoms with Crippen molar-refractivity contribution in [1.29, 1.82) is 0 Å². The zero-order valence-corrected chi connectivity index (χ0v) is 10.6. The van der Waals surface area contributed by atoms with E-state index in [2.05, 4.69) is 38.6 Å². The molecule has 1 unspecified atom stereocenters. The first-order valence-electron chi connectivity index (χ1n) is 6.06. The highest BCUT2D eigenvalue weighted by Crippen LogP contribution is 2.21. The van der Waals surface area contributed by atoms with Gasteiger partial charge in [0.05, 0.1) is 0 Å². The molecule has 17 heavy (non-hydrogen) atoms. The Kier molecular flexibility index (Phi) is 3.32. The number of benzene rings is 1. The normalized spacial score (nSPS) is 19.8. The highest BCUT2D eigenvalue weighted by Gasteiger charge is 2.27. The third-order valence-corrected chi connectivity index (χ3v) is 3.23. The molecule has 0 saturated carbocycles. The molecule has 1 aromatic carbocycles. The molecule has 1 heterocycles. The Labute approximate surface area is 103 Å². The molecule has 0 N–H and O–H groups in total. The van der Waals surface area contributed by atoms with Crippen LogP contribution in [0.15, 0.2) is 30.9 Å². The molecule has 1 aliphatic heterocycles. The molecule has 1 atom stereocenters. The number of amides is 1. The molecule has 2 heteroatoms. The van der Waals surface area contributed by atoms with Crippen molar-refractivity contribution < 1.29 is 4.79 Å². The van der Waals surface area contributed by atoms with Crippen LogP contribution in [0.25, 0.3) is 0 Å². The van der Waals surface area contributed by atoms with E-state index >= 15 is 0 Å². The minimum absolute atomic E-state index is 0.244. The molecule has 0 spiro atoms. The molecule has 2 rings (SSSR count). The van der Waals surface area contributed by atoms with E-state index in [0.29, 0.717) is 12.3 Å². The van der Waals surface area contributed by atoms with Crippen molar-refractivity contribution in [2.45, 2.75) is 26.8 Å². The summed E-state index contributed by atoms with van der Waals surface area (Å²) in [5.74, 6) is 0.572. The smallest absolute Gasteiger partial charge is 0.223 e. The number of hydrogen-bond acceptors (Lipinski definition) is 1. The van der Waals surface area contributed by atoms with Crippen molar-refractivity contribution in [2.24, 2.45) is 5.92 Å². The van der Waals surface area contributed by atoms with E-state index in [1.807, 2.05) is 11.0 Å². The van der Waals surface area contributed by atoms with Gasteiger partial charge in [0.25, 0.3) is 0 Å². The van der Waals surface area contributed by atoms with Gasteiger partial charge in [-0.15, -0.1) is 6.58 Å². The van der Waals surface area contributed by atoms with Gasteiger partial charge in [0.15, 0.2) is 0 Å². The molecule has 90 valence electrons. The molecule has 1 amide bonds. The maximum Gasteiger partial charge on any atom is 0.223 e. The van der Waals surface area contributed by atoms with Crippen molar-refractivity contribution in [3.8, 4) is 0 Å². The molecule has 1 aromatic rings. The Balaban J connectivity index is 2.10. The Morgan fingerprint density at radius 2 is 2.00 bits per heavy atom. The van der Waals surface area contributed by atoms with Crippen molar-refractivity contribution in [3.05, 3.63) is 47.5 Å². The molecule has 1 aliphatic rings. The number of rotatable bonds is 3. The van der Waals surface area contributed by atoms with Crippen LogP contribution < -0.4 is 0 Å². The Morgan fingerprint density at radius 1 is 1.35 bits per heavy atom. The van der Waals surface area contributed by atoms with Crippen LogP contribution in [0.5, 0.6) is 0 Å². The van der Waals surface area contributed by atoms with Crippen LogP contribution in [0.3, 0.4) is 0 Å². The van der Waals surface area contributed by atoms with E-state index in [4.69, 9.17) is 0 Å². The van der Waals surface area contributed by atoms with Crippen molar-refractivity contribution >= 4 is 5.91 Å². The van der Waals surface area contributed by atoms with Gasteiger partial charge in [0, 0.05) is 25.4 Å². The van der Waals surface area contributed by atoms with Gasteiger partial charge < -0.3 is 4.90 Å². The number of hydrogen-bond donors (Lipinski definition) is 0. The topological polar surface area (TPSA) is 20.3 Å². The largest absolute Gasteiger partial charge is 0.338 e. The first kappa shape index (κ1) is 11.9. The minimum Gasteiger partial charge on any atom is -0.338 e. The second-order valence-electron chi connectivity index (χ2n) is 4.97. The maximum atomic E-state index is 11.8. The third-order valence-electron chi connectivity index (χ3n) is 3.23. The summed E-state index contributed by atoms with van der Waals surface area (Å²) in [7, 11) is 0. The lowest BCUT2D eigenvalue weighted by molar-refractivity contribution is -0.128. The lowest BCUT2D eigenvalue weighted by Gasteiger charge is -2.17. The molecule has 0 aromatic heterocycles. The van der Waals surface area contributed by atoms with Gasteiger partial charge in [0.1, 0.15) is 0 Å². The van der Waals surface area contributed by atoms with E-state index in [-0.39, 0.29) is 5.91 Å². The lowest BCUT2D eigenvalue weighted by Crippen LogP contribution is -2.24. The van der Waals surface area contributed by atoms with Crippen LogP contribution in [0.4, 0.5) is 0 Å². The summed E-state index contributed by atoms with van der Waals surface area (Å²) in [4.78, 5) is 13.7. The molecule has 0 radical (unpaired) electrons. The average Bonchev–Trinajstić information content (AvgIpc) is 2.58. The monoisotopic (exact) mass is 229 g/mol. The number of nitrogens with zero attached hydrogens (tertiary/aromatic N) is 1. The average molecular weight is 229 g/mol. The van der Waals surface area contributed by atoms with Gasteiger partial charge in [-0.3, -0.25) is 4.79 Å². The van der Waals surface area contributed by atoms with Crippen molar-refractivity contribution in [1.82, 2.24) is 4.90 Å². The first-order chi connectivity index (χ1) is 8.08. The number of carbonyl (C=O) groups excluding carboxylic acids is 1. The van der Waals surface area contributed by atoms with E-state index < -0.39 is 0 Å². The number of likely N-dealkylation sites (tertiary alicyclic amines) is 1.